The monoisotopic (exact) mass is 430 g/mol. The predicted octanol–water partition coefficient (Wildman–Crippen LogP) is 5.01. The van der Waals surface area contributed by atoms with Crippen molar-refractivity contribution in [1.82, 2.24) is 0 Å². The first-order valence-electron chi connectivity index (χ1n) is 10.5. The summed E-state index contributed by atoms with van der Waals surface area (Å²) >= 11 is 0. The lowest BCUT2D eigenvalue weighted by atomic mass is 9.87. The summed E-state index contributed by atoms with van der Waals surface area (Å²) < 4.78 is 11.4. The third-order valence-electron chi connectivity index (χ3n) is 5.20. The van der Waals surface area contributed by atoms with Gasteiger partial charge < -0.3 is 20.1 Å². The van der Waals surface area contributed by atoms with Crippen LogP contribution in [-0.2, 0) is 10.2 Å². The molecule has 0 aromatic heterocycles. The first kappa shape index (κ1) is 21.4. The Labute approximate surface area is 187 Å². The molecule has 1 aliphatic rings. The van der Waals surface area contributed by atoms with Crippen molar-refractivity contribution < 1.29 is 19.1 Å². The molecule has 1 aliphatic heterocycles. The van der Waals surface area contributed by atoms with Crippen molar-refractivity contribution in [3.63, 3.8) is 0 Å². The molecule has 2 N–H and O–H groups in total. The van der Waals surface area contributed by atoms with Crippen molar-refractivity contribution in [2.24, 2.45) is 0 Å². The number of amides is 2. The van der Waals surface area contributed by atoms with Crippen molar-refractivity contribution in [2.75, 3.05) is 17.2 Å². The molecule has 6 nitrogen and oxygen atoms in total. The molecule has 0 radical (unpaired) electrons. The van der Waals surface area contributed by atoms with Gasteiger partial charge in [0.2, 0.25) is 6.10 Å². The molecule has 0 unspecified atom stereocenters. The first-order chi connectivity index (χ1) is 15.3. The van der Waals surface area contributed by atoms with Gasteiger partial charge in [-0.1, -0.05) is 51.1 Å². The van der Waals surface area contributed by atoms with E-state index in [4.69, 9.17) is 9.47 Å². The van der Waals surface area contributed by atoms with E-state index < -0.39 is 6.10 Å². The number of para-hydroxylation sites is 2. The molecule has 2 amide bonds. The number of nitrogens with one attached hydrogen (secondary N) is 2. The van der Waals surface area contributed by atoms with Gasteiger partial charge in [0.05, 0.1) is 0 Å². The number of ether oxygens (including phenoxy) is 2. The topological polar surface area (TPSA) is 76.7 Å². The van der Waals surface area contributed by atoms with Gasteiger partial charge >= 0.3 is 0 Å². The molecule has 1 heterocycles. The third-order valence-corrected chi connectivity index (χ3v) is 5.20. The first-order valence-corrected chi connectivity index (χ1v) is 10.5. The smallest absolute Gasteiger partial charge is 0.269 e. The molecule has 1 atom stereocenters. The van der Waals surface area contributed by atoms with Gasteiger partial charge in [0.15, 0.2) is 11.5 Å². The minimum absolute atomic E-state index is 0.0245. The zero-order valence-corrected chi connectivity index (χ0v) is 18.3. The lowest BCUT2D eigenvalue weighted by molar-refractivity contribution is -0.125. The summed E-state index contributed by atoms with van der Waals surface area (Å²) in [6, 6.07) is 21.8. The average molecular weight is 431 g/mol. The van der Waals surface area contributed by atoms with E-state index in [1.807, 2.05) is 36.4 Å². The molecule has 0 bridgehead atoms. The van der Waals surface area contributed by atoms with E-state index in [-0.39, 0.29) is 23.8 Å². The van der Waals surface area contributed by atoms with Gasteiger partial charge in [-0.05, 0) is 53.4 Å². The lowest BCUT2D eigenvalue weighted by Gasteiger charge is -2.25. The van der Waals surface area contributed by atoms with Crippen LogP contribution in [0.3, 0.4) is 0 Å². The summed E-state index contributed by atoms with van der Waals surface area (Å²) in [5.74, 6) is 0.629. The number of anilines is 2. The van der Waals surface area contributed by atoms with E-state index >= 15 is 0 Å². The van der Waals surface area contributed by atoms with Crippen molar-refractivity contribution in [3.8, 4) is 11.5 Å². The van der Waals surface area contributed by atoms with Crippen LogP contribution in [0.4, 0.5) is 11.4 Å². The van der Waals surface area contributed by atoms with Crippen LogP contribution in [0, 0.1) is 0 Å². The average Bonchev–Trinajstić information content (AvgIpc) is 2.78. The van der Waals surface area contributed by atoms with Crippen LogP contribution in [0.25, 0.3) is 0 Å². The summed E-state index contributed by atoms with van der Waals surface area (Å²) in [5, 5.41) is 5.70. The highest BCUT2D eigenvalue weighted by Gasteiger charge is 2.27. The molecule has 0 saturated heterocycles. The lowest BCUT2D eigenvalue weighted by Crippen LogP contribution is -2.40. The van der Waals surface area contributed by atoms with Gasteiger partial charge in [-0.15, -0.1) is 0 Å². The molecule has 32 heavy (non-hydrogen) atoms. The highest BCUT2D eigenvalue weighted by molar-refractivity contribution is 6.04. The van der Waals surface area contributed by atoms with Crippen LogP contribution in [0.5, 0.6) is 11.5 Å². The minimum atomic E-state index is -0.760. The van der Waals surface area contributed by atoms with Crippen molar-refractivity contribution in [3.05, 3.63) is 83.9 Å². The minimum Gasteiger partial charge on any atom is -0.485 e. The van der Waals surface area contributed by atoms with E-state index in [0.29, 0.717) is 28.4 Å². The second-order valence-corrected chi connectivity index (χ2v) is 8.72. The van der Waals surface area contributed by atoms with Crippen LogP contribution in [0.15, 0.2) is 72.8 Å². The van der Waals surface area contributed by atoms with Gasteiger partial charge in [-0.3, -0.25) is 9.59 Å². The molecule has 6 heteroatoms. The maximum atomic E-state index is 12.6. The summed E-state index contributed by atoms with van der Waals surface area (Å²) in [6.45, 7) is 6.52. The fraction of sp³-hybridized carbons (Fsp3) is 0.231. The number of carbonyl (C=O) groups is 2. The van der Waals surface area contributed by atoms with Crippen LogP contribution >= 0.6 is 0 Å². The molecule has 4 rings (SSSR count). The Bertz CT molecular complexity index is 1130. The summed E-state index contributed by atoms with van der Waals surface area (Å²) in [7, 11) is 0. The Morgan fingerprint density at radius 3 is 2.19 bits per heavy atom. The predicted molar refractivity (Wildman–Crippen MR) is 125 cm³/mol. The Kier molecular flexibility index (Phi) is 5.86. The Morgan fingerprint density at radius 1 is 0.844 bits per heavy atom. The third kappa shape index (κ3) is 4.91. The van der Waals surface area contributed by atoms with Crippen molar-refractivity contribution >= 4 is 23.2 Å². The van der Waals surface area contributed by atoms with Gasteiger partial charge in [0, 0.05) is 16.9 Å². The zero-order valence-electron chi connectivity index (χ0n) is 18.3. The number of rotatable bonds is 4. The molecular formula is C26H26N2O4. The van der Waals surface area contributed by atoms with E-state index in [9.17, 15) is 9.59 Å². The van der Waals surface area contributed by atoms with Gasteiger partial charge in [-0.2, -0.15) is 0 Å². The van der Waals surface area contributed by atoms with E-state index in [1.165, 1.54) is 0 Å². The van der Waals surface area contributed by atoms with Gasteiger partial charge in [0.25, 0.3) is 11.8 Å². The van der Waals surface area contributed by atoms with Gasteiger partial charge in [0.1, 0.15) is 6.61 Å². The normalized spacial score (nSPS) is 15.0. The van der Waals surface area contributed by atoms with E-state index in [2.05, 4.69) is 31.4 Å². The molecule has 0 spiro atoms. The van der Waals surface area contributed by atoms with E-state index in [1.54, 1.807) is 36.4 Å². The van der Waals surface area contributed by atoms with Gasteiger partial charge in [-0.25, -0.2) is 0 Å². The summed E-state index contributed by atoms with van der Waals surface area (Å²) in [4.78, 5) is 25.3. The molecule has 0 fully saturated rings. The second-order valence-electron chi connectivity index (χ2n) is 8.72. The highest BCUT2D eigenvalue weighted by atomic mass is 16.6. The Balaban J connectivity index is 1.39. The van der Waals surface area contributed by atoms with Crippen LogP contribution in [-0.4, -0.2) is 24.5 Å². The fourth-order valence-electron chi connectivity index (χ4n) is 3.37. The van der Waals surface area contributed by atoms with E-state index in [0.717, 1.165) is 5.56 Å². The van der Waals surface area contributed by atoms with Crippen molar-refractivity contribution in [2.45, 2.75) is 32.3 Å². The number of hydrogen-bond donors (Lipinski definition) is 2. The van der Waals surface area contributed by atoms with Crippen LogP contribution in [0.1, 0.15) is 36.7 Å². The van der Waals surface area contributed by atoms with Crippen molar-refractivity contribution in [1.29, 1.82) is 0 Å². The zero-order chi connectivity index (χ0) is 22.7. The maximum Gasteiger partial charge on any atom is 0.269 e. The van der Waals surface area contributed by atoms with Crippen LogP contribution < -0.4 is 20.1 Å². The second kappa shape index (κ2) is 8.75. The van der Waals surface area contributed by atoms with Crippen LogP contribution in [0.2, 0.25) is 0 Å². The fourth-order valence-corrected chi connectivity index (χ4v) is 3.37. The maximum absolute atomic E-state index is 12.6. The molecule has 164 valence electrons. The standard InChI is InChI=1S/C26H26N2O4/c1-26(2,3)18-13-11-17(12-14-18)24(29)27-19-7-6-8-20(15-19)28-25(30)23-16-31-21-9-4-5-10-22(21)32-23/h4-15,23H,16H2,1-3H3,(H,27,29)(H,28,30)/t23-/m0/s1. The number of hydrogen-bond acceptors (Lipinski definition) is 4. The summed E-state index contributed by atoms with van der Waals surface area (Å²) in [6.07, 6.45) is -0.760. The number of fused-ring (bicyclic) bond motifs is 1. The number of benzene rings is 3. The SMILES string of the molecule is CC(C)(C)c1ccc(C(=O)Nc2cccc(NC(=O)[C@@H]3COc4ccccc4O3)c2)cc1. The Morgan fingerprint density at radius 2 is 1.50 bits per heavy atom. The molecular weight excluding hydrogens is 404 g/mol. The number of carbonyl (C=O) groups excluding carboxylic acids is 2. The molecule has 0 saturated carbocycles. The highest BCUT2D eigenvalue weighted by Crippen LogP contribution is 2.31. The Hall–Kier alpha value is -3.80. The summed E-state index contributed by atoms with van der Waals surface area (Å²) in [5.41, 5.74) is 2.89. The largest absolute Gasteiger partial charge is 0.485 e. The quantitative estimate of drug-likeness (QED) is 0.610. The molecule has 3 aromatic carbocycles. The molecule has 3 aromatic rings. The molecule has 0 aliphatic carbocycles.